The van der Waals surface area contributed by atoms with Crippen molar-refractivity contribution in [2.75, 3.05) is 23.7 Å². The molecule has 0 aliphatic rings. The maximum Gasteiger partial charge on any atom is 0.260 e. The summed E-state index contributed by atoms with van der Waals surface area (Å²) in [6.07, 6.45) is 2.42. The first-order valence-electron chi connectivity index (χ1n) is 9.04. The molecule has 10 heteroatoms. The Morgan fingerprint density at radius 2 is 1.87 bits per heavy atom. The fourth-order valence-corrected chi connectivity index (χ4v) is 3.63. The minimum absolute atomic E-state index is 0.0423. The zero-order valence-corrected chi connectivity index (χ0v) is 19.1. The monoisotopic (exact) mass is 471 g/mol. The highest BCUT2D eigenvalue weighted by Gasteiger charge is 2.23. The molecular formula is C20H23Cl2N3O4S. The number of nitrogens with one attached hydrogen (secondary N) is 1. The molecule has 0 bridgehead atoms. The second-order valence-electron chi connectivity index (χ2n) is 6.91. The van der Waals surface area contributed by atoms with Gasteiger partial charge in [-0.1, -0.05) is 43.1 Å². The van der Waals surface area contributed by atoms with Crippen LogP contribution in [0.15, 0.2) is 47.6 Å². The van der Waals surface area contributed by atoms with Gasteiger partial charge in [-0.3, -0.25) is 9.10 Å². The normalized spacial score (nSPS) is 11.7. The fraction of sp³-hybridized carbons (Fsp3) is 0.300. The van der Waals surface area contributed by atoms with Gasteiger partial charge in [0.1, 0.15) is 12.3 Å². The Balaban J connectivity index is 2.01. The number of amides is 1. The lowest BCUT2D eigenvalue weighted by Gasteiger charge is -2.22. The maximum atomic E-state index is 12.2. The number of carbonyl (C=O) groups excluding carboxylic acids is 1. The van der Waals surface area contributed by atoms with Crippen molar-refractivity contribution in [3.63, 3.8) is 0 Å². The Hall–Kier alpha value is -2.29. The number of hydrazone groups is 1. The van der Waals surface area contributed by atoms with Crippen molar-refractivity contribution in [3.8, 4) is 5.75 Å². The average molecular weight is 472 g/mol. The lowest BCUT2D eigenvalue weighted by atomic mass is 10.2. The predicted molar refractivity (Wildman–Crippen MR) is 121 cm³/mol. The van der Waals surface area contributed by atoms with Crippen LogP contribution in [0.2, 0.25) is 10.0 Å². The standard InChI is InChI=1S/C20H23Cl2N3O4S/c1-14(2)13-29-16-9-7-15(8-10-16)11-23-24-19(26)12-25(30(3,27)28)18-6-4-5-17(21)20(18)22/h4-11,14H,12-13H2,1-3H3,(H,24,26)/b23-11-. The van der Waals surface area contributed by atoms with E-state index in [-0.39, 0.29) is 15.7 Å². The van der Waals surface area contributed by atoms with Crippen molar-refractivity contribution >= 4 is 51.0 Å². The number of anilines is 1. The van der Waals surface area contributed by atoms with Crippen LogP contribution in [0.25, 0.3) is 0 Å². The molecule has 2 rings (SSSR count). The highest BCUT2D eigenvalue weighted by molar-refractivity contribution is 7.92. The van der Waals surface area contributed by atoms with Crippen LogP contribution < -0.4 is 14.5 Å². The van der Waals surface area contributed by atoms with Gasteiger partial charge in [0.25, 0.3) is 5.91 Å². The number of rotatable bonds is 9. The average Bonchev–Trinajstić information content (AvgIpc) is 2.67. The molecule has 1 N–H and O–H groups in total. The number of benzene rings is 2. The van der Waals surface area contributed by atoms with Gasteiger partial charge in [-0.15, -0.1) is 0 Å². The molecule has 0 aliphatic heterocycles. The van der Waals surface area contributed by atoms with Crippen molar-refractivity contribution in [3.05, 3.63) is 58.1 Å². The van der Waals surface area contributed by atoms with Crippen LogP contribution in [0.3, 0.4) is 0 Å². The Morgan fingerprint density at radius 1 is 1.20 bits per heavy atom. The van der Waals surface area contributed by atoms with Gasteiger partial charge >= 0.3 is 0 Å². The van der Waals surface area contributed by atoms with Gasteiger partial charge in [0.15, 0.2) is 0 Å². The molecule has 0 aromatic heterocycles. The fourth-order valence-electron chi connectivity index (χ4n) is 2.32. The van der Waals surface area contributed by atoms with Crippen LogP contribution in [0.5, 0.6) is 5.75 Å². The number of hydrogen-bond donors (Lipinski definition) is 1. The first-order chi connectivity index (χ1) is 14.1. The largest absolute Gasteiger partial charge is 0.493 e. The van der Waals surface area contributed by atoms with E-state index in [2.05, 4.69) is 24.4 Å². The Bertz CT molecular complexity index is 1010. The van der Waals surface area contributed by atoms with Crippen LogP contribution in [-0.4, -0.2) is 39.9 Å². The zero-order valence-electron chi connectivity index (χ0n) is 16.8. The molecule has 30 heavy (non-hydrogen) atoms. The molecule has 0 heterocycles. The summed E-state index contributed by atoms with van der Waals surface area (Å²) in [5.41, 5.74) is 3.16. The molecule has 0 aliphatic carbocycles. The second-order valence-corrected chi connectivity index (χ2v) is 9.60. The minimum atomic E-state index is -3.78. The van der Waals surface area contributed by atoms with Crippen molar-refractivity contribution in [1.82, 2.24) is 5.43 Å². The minimum Gasteiger partial charge on any atom is -0.493 e. The number of nitrogens with zero attached hydrogens (tertiary/aromatic N) is 2. The van der Waals surface area contributed by atoms with Crippen LogP contribution in [-0.2, 0) is 14.8 Å². The van der Waals surface area contributed by atoms with Crippen molar-refractivity contribution in [2.45, 2.75) is 13.8 Å². The highest BCUT2D eigenvalue weighted by Crippen LogP contribution is 2.33. The van der Waals surface area contributed by atoms with E-state index in [1.54, 1.807) is 30.3 Å². The van der Waals surface area contributed by atoms with Gasteiger partial charge < -0.3 is 4.74 Å². The van der Waals surface area contributed by atoms with E-state index in [0.29, 0.717) is 12.5 Å². The first-order valence-corrected chi connectivity index (χ1v) is 11.6. The van der Waals surface area contributed by atoms with E-state index in [1.165, 1.54) is 18.3 Å². The molecule has 7 nitrogen and oxygen atoms in total. The van der Waals surface area contributed by atoms with E-state index in [9.17, 15) is 13.2 Å². The van der Waals surface area contributed by atoms with Crippen LogP contribution >= 0.6 is 23.2 Å². The lowest BCUT2D eigenvalue weighted by Crippen LogP contribution is -2.39. The molecule has 0 saturated heterocycles. The summed E-state index contributed by atoms with van der Waals surface area (Å²) in [6.45, 7) is 4.25. The summed E-state index contributed by atoms with van der Waals surface area (Å²) < 4.78 is 30.8. The summed E-state index contributed by atoms with van der Waals surface area (Å²) in [5, 5.41) is 4.09. The summed E-state index contributed by atoms with van der Waals surface area (Å²) in [6, 6.07) is 11.7. The van der Waals surface area contributed by atoms with Gasteiger partial charge in [-0.05, 0) is 47.9 Å². The number of hydrogen-bond acceptors (Lipinski definition) is 5. The summed E-state index contributed by atoms with van der Waals surface area (Å²) in [7, 11) is -3.78. The summed E-state index contributed by atoms with van der Waals surface area (Å²) in [5.74, 6) is 0.534. The molecular weight excluding hydrogens is 449 g/mol. The van der Waals surface area contributed by atoms with Crippen molar-refractivity contribution in [1.29, 1.82) is 0 Å². The van der Waals surface area contributed by atoms with Gasteiger partial charge in [-0.25, -0.2) is 13.8 Å². The molecule has 0 radical (unpaired) electrons. The van der Waals surface area contributed by atoms with Crippen molar-refractivity contribution < 1.29 is 17.9 Å². The Kier molecular flexibility index (Phi) is 8.52. The quantitative estimate of drug-likeness (QED) is 0.442. The summed E-state index contributed by atoms with van der Waals surface area (Å²) >= 11 is 12.1. The Morgan fingerprint density at radius 3 is 2.47 bits per heavy atom. The van der Waals surface area contributed by atoms with Gasteiger partial charge in [0.2, 0.25) is 10.0 Å². The van der Waals surface area contributed by atoms with Gasteiger partial charge in [0.05, 0.1) is 34.8 Å². The molecule has 0 fully saturated rings. The Labute approximate surface area is 186 Å². The topological polar surface area (TPSA) is 88.1 Å². The van der Waals surface area contributed by atoms with Crippen LogP contribution in [0, 0.1) is 5.92 Å². The number of ether oxygens (including phenoxy) is 1. The van der Waals surface area contributed by atoms with Gasteiger partial charge in [-0.2, -0.15) is 5.10 Å². The van der Waals surface area contributed by atoms with E-state index in [0.717, 1.165) is 21.9 Å². The number of carbonyl (C=O) groups is 1. The molecule has 0 atom stereocenters. The van der Waals surface area contributed by atoms with E-state index < -0.39 is 22.5 Å². The zero-order chi connectivity index (χ0) is 22.3. The lowest BCUT2D eigenvalue weighted by molar-refractivity contribution is -0.119. The van der Waals surface area contributed by atoms with Gasteiger partial charge in [0, 0.05) is 0 Å². The molecule has 0 saturated carbocycles. The van der Waals surface area contributed by atoms with E-state index in [4.69, 9.17) is 27.9 Å². The maximum absolute atomic E-state index is 12.2. The van der Waals surface area contributed by atoms with E-state index in [1.807, 2.05) is 0 Å². The number of halogens is 2. The molecule has 0 spiro atoms. The van der Waals surface area contributed by atoms with E-state index >= 15 is 0 Å². The third kappa shape index (κ3) is 7.19. The van der Waals surface area contributed by atoms with Crippen LogP contribution in [0.1, 0.15) is 19.4 Å². The third-order valence-electron chi connectivity index (χ3n) is 3.75. The number of sulfonamides is 1. The molecule has 1 amide bonds. The first kappa shape index (κ1) is 24.0. The summed E-state index contributed by atoms with van der Waals surface area (Å²) in [4.78, 5) is 12.2. The molecule has 162 valence electrons. The highest BCUT2D eigenvalue weighted by atomic mass is 35.5. The van der Waals surface area contributed by atoms with Crippen LogP contribution in [0.4, 0.5) is 5.69 Å². The molecule has 2 aromatic rings. The predicted octanol–water partition coefficient (Wildman–Crippen LogP) is 3.94. The molecule has 2 aromatic carbocycles. The SMILES string of the molecule is CC(C)COc1ccc(/C=N\NC(=O)CN(c2cccc(Cl)c2Cl)S(C)(=O)=O)cc1. The second kappa shape index (κ2) is 10.7. The smallest absolute Gasteiger partial charge is 0.260 e. The van der Waals surface area contributed by atoms with Crippen molar-refractivity contribution in [2.24, 2.45) is 11.0 Å². The molecule has 0 unspecified atom stereocenters. The third-order valence-corrected chi connectivity index (χ3v) is 5.69.